The number of rotatable bonds is 2. The smallest absolute Gasteiger partial charge is 0.186 e. The van der Waals surface area contributed by atoms with Crippen LogP contribution in [0.25, 0.3) is 10.1 Å². The van der Waals surface area contributed by atoms with Gasteiger partial charge in [-0.2, -0.15) is 0 Å². The van der Waals surface area contributed by atoms with Gasteiger partial charge in [-0.25, -0.2) is 0 Å². The van der Waals surface area contributed by atoms with E-state index in [1.165, 1.54) is 10.1 Å². The van der Waals surface area contributed by atoms with Crippen LogP contribution in [0.2, 0.25) is 0 Å². The molecular weight excluding hydrogens is 182 g/mol. The zero-order valence-electron chi connectivity index (χ0n) is 7.20. The van der Waals surface area contributed by atoms with E-state index in [0.29, 0.717) is 0 Å². The van der Waals surface area contributed by atoms with E-state index in [9.17, 15) is 0 Å². The first-order valence-corrected chi connectivity index (χ1v) is 4.78. The fourth-order valence-corrected chi connectivity index (χ4v) is 2.35. The van der Waals surface area contributed by atoms with E-state index in [1.807, 2.05) is 19.1 Å². The van der Waals surface area contributed by atoms with E-state index >= 15 is 0 Å². The van der Waals surface area contributed by atoms with Crippen molar-refractivity contribution >= 4 is 27.8 Å². The highest BCUT2D eigenvalue weighted by molar-refractivity contribution is 7.21. The van der Waals surface area contributed by atoms with Crippen LogP contribution in [0.5, 0.6) is 5.06 Å². The quantitative estimate of drug-likeness (QED) is 0.574. The minimum atomic E-state index is 0.816. The normalized spacial score (nSPS) is 10.2. The Hall–Kier alpha value is -1.35. The van der Waals surface area contributed by atoms with Crippen LogP contribution >= 0.6 is 11.3 Å². The van der Waals surface area contributed by atoms with Crippen LogP contribution < -0.4 is 4.74 Å². The van der Waals surface area contributed by atoms with Gasteiger partial charge in [0.15, 0.2) is 11.5 Å². The molecule has 0 bridgehead atoms. The first kappa shape index (κ1) is 8.26. The lowest BCUT2D eigenvalue weighted by Crippen LogP contribution is -1.85. The maximum Gasteiger partial charge on any atom is 0.186 e. The molecule has 1 N–H and O–H groups in total. The summed E-state index contributed by atoms with van der Waals surface area (Å²) in [5.74, 6) is 0. The van der Waals surface area contributed by atoms with Crippen LogP contribution in [0.3, 0.4) is 0 Å². The average Bonchev–Trinajstić information content (AvgIpc) is 2.46. The second-order valence-corrected chi connectivity index (χ2v) is 3.76. The van der Waals surface area contributed by atoms with Crippen LogP contribution in [0.15, 0.2) is 24.3 Å². The van der Waals surface area contributed by atoms with Gasteiger partial charge >= 0.3 is 0 Å². The fraction of sp³-hybridized carbons (Fsp3) is 0.100. The van der Waals surface area contributed by atoms with E-state index in [1.54, 1.807) is 11.3 Å². The summed E-state index contributed by atoms with van der Waals surface area (Å²) in [5, 5.41) is 8.90. The molecule has 0 radical (unpaired) electrons. The lowest BCUT2D eigenvalue weighted by molar-refractivity contribution is 0.583. The molecule has 1 heterocycles. The van der Waals surface area contributed by atoms with Crippen molar-refractivity contribution in [2.45, 2.75) is 6.92 Å². The molecule has 1 aromatic heterocycles. The minimum Gasteiger partial charge on any atom is -0.435 e. The molecule has 2 aromatic rings. The monoisotopic (exact) mass is 191 g/mol. The molecule has 2 nitrogen and oxygen atoms in total. The van der Waals surface area contributed by atoms with E-state index < -0.39 is 0 Å². The van der Waals surface area contributed by atoms with Crippen molar-refractivity contribution in [2.75, 3.05) is 0 Å². The number of benzene rings is 1. The summed E-state index contributed by atoms with van der Waals surface area (Å²) in [4.78, 5) is 0. The molecule has 0 spiro atoms. The third-order valence-corrected chi connectivity index (χ3v) is 3.13. The lowest BCUT2D eigenvalue weighted by atomic mass is 10.2. The second-order valence-electron chi connectivity index (χ2n) is 2.75. The first-order chi connectivity index (χ1) is 6.33. The van der Waals surface area contributed by atoms with Gasteiger partial charge < -0.3 is 4.74 Å². The summed E-state index contributed by atoms with van der Waals surface area (Å²) in [6, 6.07) is 8.14. The predicted octanol–water partition coefficient (Wildman–Crippen LogP) is 3.20. The molecule has 0 aliphatic carbocycles. The Morgan fingerprint density at radius 1 is 1.38 bits per heavy atom. The molecule has 0 aliphatic rings. The molecule has 13 heavy (non-hydrogen) atoms. The maximum absolute atomic E-state index is 6.87. The topological polar surface area (TPSA) is 33.1 Å². The molecule has 1 aromatic carbocycles. The van der Waals surface area contributed by atoms with Crippen molar-refractivity contribution in [3.63, 3.8) is 0 Å². The number of hydrogen-bond acceptors (Lipinski definition) is 3. The molecule has 3 heteroatoms. The third-order valence-electron chi connectivity index (χ3n) is 1.97. The van der Waals surface area contributed by atoms with Gasteiger partial charge in [0.25, 0.3) is 0 Å². The summed E-state index contributed by atoms with van der Waals surface area (Å²) < 4.78 is 6.29. The summed E-state index contributed by atoms with van der Waals surface area (Å²) in [6.07, 6.45) is 0.970. The Labute approximate surface area is 80.3 Å². The SMILES string of the molecule is Cc1c(OC=N)sc2ccccc12. The highest BCUT2D eigenvalue weighted by Gasteiger charge is 2.07. The average molecular weight is 191 g/mol. The van der Waals surface area contributed by atoms with Gasteiger partial charge in [0.05, 0.1) is 0 Å². The summed E-state index contributed by atoms with van der Waals surface area (Å²) in [6.45, 7) is 2.01. The van der Waals surface area contributed by atoms with Gasteiger partial charge in [-0.15, -0.1) is 0 Å². The van der Waals surface area contributed by atoms with E-state index in [-0.39, 0.29) is 0 Å². The van der Waals surface area contributed by atoms with Crippen LogP contribution in [-0.2, 0) is 0 Å². The number of hydrogen-bond donors (Lipinski definition) is 1. The van der Waals surface area contributed by atoms with E-state index in [2.05, 4.69) is 12.1 Å². The van der Waals surface area contributed by atoms with Crippen molar-refractivity contribution in [1.82, 2.24) is 0 Å². The molecule has 66 valence electrons. The summed E-state index contributed by atoms with van der Waals surface area (Å²) in [5.41, 5.74) is 1.11. The molecule has 0 fully saturated rings. The minimum absolute atomic E-state index is 0.816. The van der Waals surface area contributed by atoms with Crippen LogP contribution in [0.4, 0.5) is 0 Å². The predicted molar refractivity (Wildman–Crippen MR) is 56.0 cm³/mol. The van der Waals surface area contributed by atoms with E-state index in [0.717, 1.165) is 17.0 Å². The van der Waals surface area contributed by atoms with Gasteiger partial charge in [-0.3, -0.25) is 5.41 Å². The van der Waals surface area contributed by atoms with Crippen LogP contribution in [-0.4, -0.2) is 6.40 Å². The number of nitrogens with one attached hydrogen (secondary N) is 1. The van der Waals surface area contributed by atoms with Crippen molar-refractivity contribution < 1.29 is 4.74 Å². The Morgan fingerprint density at radius 2 is 2.15 bits per heavy atom. The zero-order chi connectivity index (χ0) is 9.26. The Bertz CT molecular complexity index is 447. The molecule has 0 saturated carbocycles. The fourth-order valence-electron chi connectivity index (χ4n) is 1.32. The standard InChI is InChI=1S/C10H9NOS/c1-7-8-4-2-3-5-9(8)13-10(7)12-6-11/h2-6,11H,1H3. The van der Waals surface area contributed by atoms with Gasteiger partial charge in [0, 0.05) is 10.3 Å². The van der Waals surface area contributed by atoms with Crippen LogP contribution in [0, 0.1) is 12.3 Å². The second kappa shape index (κ2) is 3.18. The lowest BCUT2D eigenvalue weighted by Gasteiger charge is -1.93. The molecule has 0 amide bonds. The van der Waals surface area contributed by atoms with Gasteiger partial charge in [-0.1, -0.05) is 29.5 Å². The first-order valence-electron chi connectivity index (χ1n) is 3.96. The number of fused-ring (bicyclic) bond motifs is 1. The van der Waals surface area contributed by atoms with Gasteiger partial charge in [0.1, 0.15) is 0 Å². The van der Waals surface area contributed by atoms with Gasteiger partial charge in [0.2, 0.25) is 0 Å². The van der Waals surface area contributed by atoms with E-state index in [4.69, 9.17) is 10.1 Å². The molecular formula is C10H9NOS. The highest BCUT2D eigenvalue weighted by atomic mass is 32.1. The molecule has 2 rings (SSSR count). The molecule has 0 unspecified atom stereocenters. The number of ether oxygens (including phenoxy) is 1. The Kier molecular flexibility index (Phi) is 2.02. The van der Waals surface area contributed by atoms with Crippen molar-refractivity contribution in [1.29, 1.82) is 5.41 Å². The number of thiophene rings is 1. The van der Waals surface area contributed by atoms with Crippen LogP contribution in [0.1, 0.15) is 5.56 Å². The van der Waals surface area contributed by atoms with Crippen molar-refractivity contribution in [2.24, 2.45) is 0 Å². The largest absolute Gasteiger partial charge is 0.435 e. The third kappa shape index (κ3) is 1.31. The maximum atomic E-state index is 6.87. The zero-order valence-corrected chi connectivity index (χ0v) is 8.02. The molecule has 0 atom stereocenters. The molecule has 0 saturated heterocycles. The van der Waals surface area contributed by atoms with Crippen molar-refractivity contribution in [3.8, 4) is 5.06 Å². The molecule has 0 aliphatic heterocycles. The summed E-state index contributed by atoms with van der Waals surface area (Å²) in [7, 11) is 0. The summed E-state index contributed by atoms with van der Waals surface area (Å²) >= 11 is 1.57. The Balaban J connectivity index is 2.66. The number of aryl methyl sites for hydroxylation is 1. The van der Waals surface area contributed by atoms with Gasteiger partial charge in [-0.05, 0) is 18.4 Å². The van der Waals surface area contributed by atoms with Crippen molar-refractivity contribution in [3.05, 3.63) is 29.8 Å². The highest BCUT2D eigenvalue weighted by Crippen LogP contribution is 2.36. The Morgan fingerprint density at radius 3 is 2.85 bits per heavy atom.